The molecule has 1 aromatic rings. The number of non-ortho nitro benzene ring substituents is 1. The van der Waals surface area contributed by atoms with Crippen molar-refractivity contribution >= 4 is 5.69 Å². The smallest absolute Gasteiger partial charge is 0.422 e. The Morgan fingerprint density at radius 2 is 2.05 bits per heavy atom. The maximum atomic E-state index is 12.2. The molecule has 0 heterocycles. The first kappa shape index (κ1) is 17.2. The van der Waals surface area contributed by atoms with E-state index in [-0.39, 0.29) is 18.0 Å². The summed E-state index contributed by atoms with van der Waals surface area (Å²) in [5.41, 5.74) is 0.143. The fourth-order valence-corrected chi connectivity index (χ4v) is 1.61. The van der Waals surface area contributed by atoms with Gasteiger partial charge in [0.25, 0.3) is 5.69 Å². The minimum Gasteiger partial charge on any atom is -0.484 e. The van der Waals surface area contributed by atoms with Crippen LogP contribution in [0.2, 0.25) is 0 Å². The van der Waals surface area contributed by atoms with Crippen LogP contribution in [0.1, 0.15) is 19.4 Å². The topological polar surface area (TPSA) is 64.4 Å². The molecule has 0 spiro atoms. The summed E-state index contributed by atoms with van der Waals surface area (Å²) in [6.07, 6.45) is -4.45. The average molecular weight is 306 g/mol. The van der Waals surface area contributed by atoms with Crippen molar-refractivity contribution in [2.75, 3.05) is 13.2 Å². The Hall–Kier alpha value is -1.83. The van der Waals surface area contributed by atoms with Gasteiger partial charge in [-0.1, -0.05) is 13.8 Å². The summed E-state index contributed by atoms with van der Waals surface area (Å²) in [7, 11) is 0. The Kier molecular flexibility index (Phi) is 5.95. The van der Waals surface area contributed by atoms with Gasteiger partial charge in [-0.25, -0.2) is 0 Å². The predicted octanol–water partition coefficient (Wildman–Crippen LogP) is 3.28. The van der Waals surface area contributed by atoms with E-state index in [0.29, 0.717) is 18.0 Å². The molecule has 0 radical (unpaired) electrons. The number of halogens is 3. The number of nitro benzene ring substituents is 1. The lowest BCUT2D eigenvalue weighted by Gasteiger charge is -2.14. The Labute approximate surface area is 120 Å². The van der Waals surface area contributed by atoms with E-state index in [1.807, 2.05) is 13.8 Å². The molecule has 1 rings (SSSR count). The molecule has 1 aromatic carbocycles. The highest BCUT2D eigenvalue weighted by molar-refractivity contribution is 5.43. The molecule has 0 aromatic heterocycles. The second kappa shape index (κ2) is 7.26. The van der Waals surface area contributed by atoms with Crippen LogP contribution in [0, 0.1) is 16.0 Å². The molecule has 5 nitrogen and oxygen atoms in total. The number of nitro groups is 1. The van der Waals surface area contributed by atoms with Gasteiger partial charge in [0.15, 0.2) is 6.61 Å². The first-order chi connectivity index (χ1) is 9.69. The van der Waals surface area contributed by atoms with Gasteiger partial charge in [0, 0.05) is 24.2 Å². The van der Waals surface area contributed by atoms with Gasteiger partial charge in [-0.2, -0.15) is 13.2 Å². The maximum absolute atomic E-state index is 12.2. The number of ether oxygens (including phenoxy) is 1. The maximum Gasteiger partial charge on any atom is 0.422 e. The predicted molar refractivity (Wildman–Crippen MR) is 71.2 cm³/mol. The fraction of sp³-hybridized carbons (Fsp3) is 0.538. The summed E-state index contributed by atoms with van der Waals surface area (Å²) in [6, 6.07) is 3.53. The fourth-order valence-electron chi connectivity index (χ4n) is 1.61. The molecule has 0 amide bonds. The van der Waals surface area contributed by atoms with Crippen molar-refractivity contribution in [3.05, 3.63) is 33.9 Å². The zero-order valence-electron chi connectivity index (χ0n) is 11.7. The van der Waals surface area contributed by atoms with Gasteiger partial charge >= 0.3 is 6.18 Å². The molecule has 21 heavy (non-hydrogen) atoms. The molecule has 0 atom stereocenters. The monoisotopic (exact) mass is 306 g/mol. The molecular formula is C13H17F3N2O3. The SMILES string of the molecule is CC(C)CNCc1cc([N+](=O)[O-])ccc1OCC(F)(F)F. The van der Waals surface area contributed by atoms with Gasteiger partial charge < -0.3 is 10.1 Å². The van der Waals surface area contributed by atoms with Gasteiger partial charge in [0.05, 0.1) is 4.92 Å². The van der Waals surface area contributed by atoms with E-state index in [2.05, 4.69) is 5.32 Å². The number of alkyl halides is 3. The standard InChI is InChI=1S/C13H17F3N2O3/c1-9(2)6-17-7-10-5-11(18(19)20)3-4-12(10)21-8-13(14,15)16/h3-5,9,17H,6-8H2,1-2H3. The number of nitrogens with one attached hydrogen (secondary N) is 1. The van der Waals surface area contributed by atoms with Gasteiger partial charge in [0.1, 0.15) is 5.75 Å². The van der Waals surface area contributed by atoms with Gasteiger partial charge in [0.2, 0.25) is 0 Å². The van der Waals surface area contributed by atoms with Crippen molar-refractivity contribution in [2.45, 2.75) is 26.6 Å². The first-order valence-electron chi connectivity index (χ1n) is 6.36. The molecule has 0 aliphatic heterocycles. The second-order valence-corrected chi connectivity index (χ2v) is 4.98. The summed E-state index contributed by atoms with van der Waals surface area (Å²) < 4.78 is 41.3. The molecular weight excluding hydrogens is 289 g/mol. The largest absolute Gasteiger partial charge is 0.484 e. The lowest BCUT2D eigenvalue weighted by Crippen LogP contribution is -2.22. The van der Waals surface area contributed by atoms with Crippen molar-refractivity contribution in [3.63, 3.8) is 0 Å². The van der Waals surface area contributed by atoms with Crippen molar-refractivity contribution in [2.24, 2.45) is 5.92 Å². The van der Waals surface area contributed by atoms with E-state index in [9.17, 15) is 23.3 Å². The summed E-state index contributed by atoms with van der Waals surface area (Å²) in [5.74, 6) is 0.345. The van der Waals surface area contributed by atoms with E-state index < -0.39 is 17.7 Å². The van der Waals surface area contributed by atoms with Crippen molar-refractivity contribution < 1.29 is 22.8 Å². The summed E-state index contributed by atoms with van der Waals surface area (Å²) >= 11 is 0. The highest BCUT2D eigenvalue weighted by atomic mass is 19.4. The van der Waals surface area contributed by atoms with Crippen LogP contribution in [0.3, 0.4) is 0 Å². The van der Waals surface area contributed by atoms with E-state index in [1.165, 1.54) is 12.1 Å². The van der Waals surface area contributed by atoms with E-state index in [4.69, 9.17) is 4.74 Å². The van der Waals surface area contributed by atoms with Crippen LogP contribution >= 0.6 is 0 Å². The summed E-state index contributed by atoms with van der Waals surface area (Å²) in [6.45, 7) is 3.36. The molecule has 0 saturated carbocycles. The Morgan fingerprint density at radius 3 is 2.57 bits per heavy atom. The third-order valence-corrected chi connectivity index (χ3v) is 2.51. The van der Waals surface area contributed by atoms with Crippen molar-refractivity contribution in [1.82, 2.24) is 5.32 Å². The molecule has 0 unspecified atom stereocenters. The minimum absolute atomic E-state index is 0.00539. The molecule has 1 N–H and O–H groups in total. The number of nitrogens with zero attached hydrogens (tertiary/aromatic N) is 1. The average Bonchev–Trinajstić information content (AvgIpc) is 2.35. The third-order valence-electron chi connectivity index (χ3n) is 2.51. The second-order valence-electron chi connectivity index (χ2n) is 4.98. The van der Waals surface area contributed by atoms with Gasteiger partial charge in [-0.05, 0) is 18.5 Å². The Balaban J connectivity index is 2.86. The van der Waals surface area contributed by atoms with E-state index >= 15 is 0 Å². The molecule has 0 aliphatic rings. The molecule has 0 aliphatic carbocycles. The van der Waals surface area contributed by atoms with Crippen LogP contribution in [0.4, 0.5) is 18.9 Å². The van der Waals surface area contributed by atoms with Crippen molar-refractivity contribution in [3.8, 4) is 5.75 Å². The zero-order valence-corrected chi connectivity index (χ0v) is 11.7. The lowest BCUT2D eigenvalue weighted by atomic mass is 10.1. The summed E-state index contributed by atoms with van der Waals surface area (Å²) in [4.78, 5) is 10.1. The molecule has 0 saturated heterocycles. The molecule has 0 fully saturated rings. The van der Waals surface area contributed by atoms with Crippen LogP contribution in [0.25, 0.3) is 0 Å². The van der Waals surface area contributed by atoms with E-state index in [1.54, 1.807) is 0 Å². The summed E-state index contributed by atoms with van der Waals surface area (Å²) in [5, 5.41) is 13.7. The molecule has 0 bridgehead atoms. The number of hydrogen-bond acceptors (Lipinski definition) is 4. The van der Waals surface area contributed by atoms with Gasteiger partial charge in [-0.15, -0.1) is 0 Å². The Bertz CT molecular complexity index is 490. The van der Waals surface area contributed by atoms with Crippen molar-refractivity contribution in [1.29, 1.82) is 0 Å². The van der Waals surface area contributed by atoms with Crippen LogP contribution < -0.4 is 10.1 Å². The minimum atomic E-state index is -4.45. The third kappa shape index (κ3) is 6.44. The normalized spacial score (nSPS) is 11.7. The van der Waals surface area contributed by atoms with Crippen LogP contribution in [-0.4, -0.2) is 24.3 Å². The molecule has 118 valence electrons. The van der Waals surface area contributed by atoms with Gasteiger partial charge in [-0.3, -0.25) is 10.1 Å². The lowest BCUT2D eigenvalue weighted by molar-refractivity contribution is -0.384. The zero-order chi connectivity index (χ0) is 16.0. The highest BCUT2D eigenvalue weighted by Gasteiger charge is 2.29. The Morgan fingerprint density at radius 1 is 1.38 bits per heavy atom. The van der Waals surface area contributed by atoms with Crippen LogP contribution in [0.5, 0.6) is 5.75 Å². The number of benzene rings is 1. The van der Waals surface area contributed by atoms with Crippen LogP contribution in [-0.2, 0) is 6.54 Å². The highest BCUT2D eigenvalue weighted by Crippen LogP contribution is 2.26. The van der Waals surface area contributed by atoms with E-state index in [0.717, 1.165) is 6.07 Å². The number of hydrogen-bond donors (Lipinski definition) is 1. The molecule has 8 heteroatoms. The quantitative estimate of drug-likeness (QED) is 0.620. The first-order valence-corrected chi connectivity index (χ1v) is 6.36. The number of rotatable bonds is 7. The van der Waals surface area contributed by atoms with Crippen LogP contribution in [0.15, 0.2) is 18.2 Å².